The van der Waals surface area contributed by atoms with Crippen LogP contribution in [0.2, 0.25) is 5.02 Å². The summed E-state index contributed by atoms with van der Waals surface area (Å²) in [6.07, 6.45) is 0.925. The number of anilines is 1. The van der Waals surface area contributed by atoms with Gasteiger partial charge < -0.3 is 19.8 Å². The summed E-state index contributed by atoms with van der Waals surface area (Å²) in [5, 5.41) is 21.2. The Bertz CT molecular complexity index is 1080. The van der Waals surface area contributed by atoms with Crippen molar-refractivity contribution in [1.82, 2.24) is 19.4 Å². The van der Waals surface area contributed by atoms with Crippen LogP contribution < -0.4 is 9.64 Å². The minimum absolute atomic E-state index is 0.0876. The van der Waals surface area contributed by atoms with E-state index in [1.807, 2.05) is 6.92 Å². The van der Waals surface area contributed by atoms with Crippen LogP contribution in [0.5, 0.6) is 11.8 Å². The van der Waals surface area contributed by atoms with Crippen molar-refractivity contribution in [1.29, 1.82) is 0 Å². The van der Waals surface area contributed by atoms with Crippen LogP contribution in [0.25, 0.3) is 0 Å². The zero-order valence-corrected chi connectivity index (χ0v) is 18.6. The van der Waals surface area contributed by atoms with Crippen molar-refractivity contribution in [2.75, 3.05) is 25.1 Å². The third-order valence-corrected chi connectivity index (χ3v) is 6.03. The first-order valence-corrected chi connectivity index (χ1v) is 10.9. The second kappa shape index (κ2) is 8.83. The number of hydrogen-bond donors (Lipinski definition) is 2. The Hall–Kier alpha value is -2.66. The highest BCUT2D eigenvalue weighted by Gasteiger charge is 2.40. The van der Waals surface area contributed by atoms with E-state index in [0.717, 1.165) is 9.88 Å². The Morgan fingerprint density at radius 2 is 2.03 bits per heavy atom. The van der Waals surface area contributed by atoms with E-state index in [1.165, 1.54) is 21.1 Å². The van der Waals surface area contributed by atoms with Gasteiger partial charge in [0, 0.05) is 36.3 Å². The van der Waals surface area contributed by atoms with Gasteiger partial charge in [-0.05, 0) is 37.6 Å². The van der Waals surface area contributed by atoms with Crippen LogP contribution in [-0.4, -0.2) is 62.1 Å². The first-order chi connectivity index (χ1) is 14.9. The number of carbonyl (C=O) groups is 1. The van der Waals surface area contributed by atoms with Gasteiger partial charge in [-0.2, -0.15) is 4.98 Å². The Morgan fingerprint density at radius 1 is 1.29 bits per heavy atom. The van der Waals surface area contributed by atoms with Gasteiger partial charge in [0.1, 0.15) is 10.8 Å². The van der Waals surface area contributed by atoms with Crippen LogP contribution in [0.3, 0.4) is 0 Å². The second-order valence-electron chi connectivity index (χ2n) is 7.11. The molecule has 0 bridgehead atoms. The molecular formula is C20H22ClN5O4S. The Kier molecular flexibility index (Phi) is 6.15. The summed E-state index contributed by atoms with van der Waals surface area (Å²) >= 11 is 7.48. The Labute approximate surface area is 188 Å². The largest absolute Gasteiger partial charge is 0.425 e. The molecule has 1 amide bonds. The number of thiazole rings is 1. The van der Waals surface area contributed by atoms with Gasteiger partial charge in [0.15, 0.2) is 11.5 Å². The number of fused-ring (bicyclic) bond motifs is 1. The molecule has 3 aromatic rings. The molecule has 1 aliphatic heterocycles. The summed E-state index contributed by atoms with van der Waals surface area (Å²) in [5.74, 6) is 0.437. The minimum atomic E-state index is -1.19. The molecule has 1 aliphatic rings. The van der Waals surface area contributed by atoms with Gasteiger partial charge in [0.2, 0.25) is 6.35 Å². The zero-order valence-electron chi connectivity index (χ0n) is 17.0. The van der Waals surface area contributed by atoms with Crippen LogP contribution >= 0.6 is 22.9 Å². The van der Waals surface area contributed by atoms with E-state index in [0.29, 0.717) is 28.7 Å². The fourth-order valence-electron chi connectivity index (χ4n) is 3.34. The maximum Gasteiger partial charge on any atom is 0.304 e. The van der Waals surface area contributed by atoms with Crippen molar-refractivity contribution in [3.05, 3.63) is 51.1 Å². The number of ether oxygens (including phenoxy) is 1. The lowest BCUT2D eigenvalue weighted by atomic mass is 10.2. The molecule has 2 N–H and O–H groups in total. The van der Waals surface area contributed by atoms with Crippen molar-refractivity contribution in [3.8, 4) is 11.8 Å². The van der Waals surface area contributed by atoms with Crippen LogP contribution in [0, 0.1) is 6.92 Å². The van der Waals surface area contributed by atoms with Gasteiger partial charge in [0.05, 0.1) is 6.54 Å². The van der Waals surface area contributed by atoms with E-state index in [1.54, 1.807) is 42.1 Å². The zero-order chi connectivity index (χ0) is 22.1. The average molecular weight is 464 g/mol. The number of aliphatic hydroxyl groups is 2. The lowest BCUT2D eigenvalue weighted by Gasteiger charge is -2.38. The molecule has 164 valence electrons. The highest BCUT2D eigenvalue weighted by molar-refractivity contribution is 7.11. The van der Waals surface area contributed by atoms with E-state index in [9.17, 15) is 15.0 Å². The van der Waals surface area contributed by atoms with Crippen molar-refractivity contribution in [2.45, 2.75) is 26.2 Å². The Morgan fingerprint density at radius 3 is 2.68 bits per heavy atom. The third-order valence-electron chi connectivity index (χ3n) is 4.88. The molecular weight excluding hydrogens is 442 g/mol. The fourth-order valence-corrected chi connectivity index (χ4v) is 4.24. The lowest BCUT2D eigenvalue weighted by molar-refractivity contribution is 0.00112. The van der Waals surface area contributed by atoms with Gasteiger partial charge in [-0.15, -0.1) is 11.3 Å². The number of hydrogen-bond acceptors (Lipinski definition) is 8. The first kappa shape index (κ1) is 21.6. The number of aromatic nitrogens is 3. The standard InChI is InChI=1S/C20H22ClN5O4S/c1-12-10-22-15(31-12)11-26-16-17(23-19(26)30-14-6-4-13(21)5-7-14)24(2)20(29)25(18(16)28)8-3-9-27/h4-7,10,20,27,29H,3,8-9,11H2,1-2H3. The molecule has 0 aliphatic carbocycles. The van der Waals surface area contributed by atoms with Crippen molar-refractivity contribution < 1.29 is 19.7 Å². The highest BCUT2D eigenvalue weighted by Crippen LogP contribution is 2.35. The number of carbonyl (C=O) groups excluding carboxylic acids is 1. The van der Waals surface area contributed by atoms with Gasteiger partial charge in [0.25, 0.3) is 5.91 Å². The minimum Gasteiger partial charge on any atom is -0.425 e. The number of benzene rings is 1. The van der Waals surface area contributed by atoms with E-state index in [-0.39, 0.29) is 31.6 Å². The molecule has 31 heavy (non-hydrogen) atoms. The summed E-state index contributed by atoms with van der Waals surface area (Å²) in [7, 11) is 1.65. The second-order valence-corrected chi connectivity index (χ2v) is 8.86. The molecule has 0 saturated heterocycles. The molecule has 1 atom stereocenters. The fraction of sp³-hybridized carbons (Fsp3) is 0.350. The number of amides is 1. The number of aryl methyl sites for hydroxylation is 1. The molecule has 1 unspecified atom stereocenters. The normalized spacial score (nSPS) is 16.0. The molecule has 1 aromatic carbocycles. The third kappa shape index (κ3) is 4.24. The molecule has 2 aromatic heterocycles. The molecule has 0 radical (unpaired) electrons. The topological polar surface area (TPSA) is 104 Å². The van der Waals surface area contributed by atoms with Gasteiger partial charge in [-0.3, -0.25) is 14.3 Å². The summed E-state index contributed by atoms with van der Waals surface area (Å²) in [4.78, 5) is 26.1. The smallest absolute Gasteiger partial charge is 0.304 e. The summed E-state index contributed by atoms with van der Waals surface area (Å²) in [5.41, 5.74) is 0.294. The maximum atomic E-state index is 13.3. The number of nitrogens with zero attached hydrogens (tertiary/aromatic N) is 5. The van der Waals surface area contributed by atoms with E-state index >= 15 is 0 Å². The van der Waals surface area contributed by atoms with E-state index < -0.39 is 6.35 Å². The SMILES string of the molecule is Cc1cnc(Cn2c(Oc3ccc(Cl)cc3)nc3c2C(=O)N(CCCO)C(O)N3C)s1. The van der Waals surface area contributed by atoms with Gasteiger partial charge >= 0.3 is 6.01 Å². The predicted octanol–water partition coefficient (Wildman–Crippen LogP) is 2.69. The lowest BCUT2D eigenvalue weighted by Crippen LogP contribution is -2.54. The number of halogens is 1. The molecule has 9 nitrogen and oxygen atoms in total. The molecule has 4 rings (SSSR count). The highest BCUT2D eigenvalue weighted by atomic mass is 35.5. The molecule has 0 saturated carbocycles. The van der Waals surface area contributed by atoms with E-state index in [2.05, 4.69) is 9.97 Å². The Balaban J connectivity index is 1.78. The molecule has 0 fully saturated rings. The van der Waals surface area contributed by atoms with Crippen molar-refractivity contribution >= 4 is 34.7 Å². The number of rotatable bonds is 7. The average Bonchev–Trinajstić information content (AvgIpc) is 3.32. The summed E-state index contributed by atoms with van der Waals surface area (Å²) in [6, 6.07) is 7.03. The van der Waals surface area contributed by atoms with Gasteiger partial charge in [-0.25, -0.2) is 4.98 Å². The number of aliphatic hydroxyl groups excluding tert-OH is 2. The summed E-state index contributed by atoms with van der Waals surface area (Å²) < 4.78 is 7.66. The van der Waals surface area contributed by atoms with Gasteiger partial charge in [-0.1, -0.05) is 11.6 Å². The first-order valence-electron chi connectivity index (χ1n) is 9.67. The van der Waals surface area contributed by atoms with Crippen LogP contribution in [0.1, 0.15) is 26.8 Å². The predicted molar refractivity (Wildman–Crippen MR) is 117 cm³/mol. The van der Waals surface area contributed by atoms with Crippen LogP contribution in [0.15, 0.2) is 30.5 Å². The molecule has 3 heterocycles. The van der Waals surface area contributed by atoms with Crippen LogP contribution in [-0.2, 0) is 6.54 Å². The maximum absolute atomic E-state index is 13.3. The van der Waals surface area contributed by atoms with E-state index in [4.69, 9.17) is 16.3 Å². The molecule has 0 spiro atoms. The number of imidazole rings is 1. The summed E-state index contributed by atoms with van der Waals surface area (Å²) in [6.45, 7) is 2.36. The molecule has 11 heteroatoms. The van der Waals surface area contributed by atoms with Crippen LogP contribution in [0.4, 0.5) is 5.82 Å². The van der Waals surface area contributed by atoms with Crippen molar-refractivity contribution in [2.24, 2.45) is 0 Å². The van der Waals surface area contributed by atoms with Crippen molar-refractivity contribution in [3.63, 3.8) is 0 Å². The quantitative estimate of drug-likeness (QED) is 0.555. The monoisotopic (exact) mass is 463 g/mol.